The highest BCUT2D eigenvalue weighted by atomic mass is 79.9. The van der Waals surface area contributed by atoms with Crippen LogP contribution in [0.15, 0.2) is 47.3 Å². The molecule has 3 aromatic heterocycles. The van der Waals surface area contributed by atoms with Gasteiger partial charge in [-0.1, -0.05) is 12.1 Å². The number of fused-ring (bicyclic) bond motifs is 2. The number of nitrogens with zero attached hydrogens (tertiary/aromatic N) is 4. The standard InChI is InChI=1S/C23H23BrN6O4S/c24-14-5-11-1-2-12(6-15(11)29-21(14)26)17-8-23(9-35(17,33)34)7-16(18(31)19(23)32)30-4-3-13-20(25)27-10-28-22(13)30/h1-6,10,16-19,31-32H,7-9H2,(H2,26,29)(H2,25,27,28). The SMILES string of the molecule is Nc1nc2cc(C3CC4(CC(n5ccc6c(N)ncnc65)C(O)C4O)CS3(=O)=O)ccc2cc1Br. The number of aliphatic hydroxyl groups is 2. The number of nitrogens with two attached hydrogens (primary N) is 2. The molecule has 0 amide bonds. The summed E-state index contributed by atoms with van der Waals surface area (Å²) in [6.07, 6.45) is 1.19. The summed E-state index contributed by atoms with van der Waals surface area (Å²) in [6, 6.07) is 8.39. The fourth-order valence-corrected chi connectivity index (χ4v) is 8.75. The topological polar surface area (TPSA) is 170 Å². The van der Waals surface area contributed by atoms with Crippen molar-refractivity contribution in [3.63, 3.8) is 0 Å². The number of benzene rings is 1. The quantitative estimate of drug-likeness (QED) is 0.287. The summed E-state index contributed by atoms with van der Waals surface area (Å²) in [4.78, 5) is 12.7. The second-order valence-corrected chi connectivity index (χ2v) is 12.6. The number of anilines is 2. The van der Waals surface area contributed by atoms with E-state index in [0.29, 0.717) is 38.2 Å². The fraction of sp³-hybridized carbons (Fsp3) is 0.348. The molecule has 5 unspecified atom stereocenters. The van der Waals surface area contributed by atoms with Crippen molar-refractivity contribution in [2.24, 2.45) is 5.41 Å². The minimum atomic E-state index is -3.61. The molecule has 2 fully saturated rings. The number of halogens is 1. The van der Waals surface area contributed by atoms with Gasteiger partial charge in [0.2, 0.25) is 0 Å². The smallest absolute Gasteiger partial charge is 0.157 e. The van der Waals surface area contributed by atoms with Gasteiger partial charge in [0.15, 0.2) is 9.84 Å². The summed E-state index contributed by atoms with van der Waals surface area (Å²) in [5.74, 6) is 0.419. The molecule has 35 heavy (non-hydrogen) atoms. The lowest BCUT2D eigenvalue weighted by Crippen LogP contribution is -2.37. The summed E-state index contributed by atoms with van der Waals surface area (Å²) in [5.41, 5.74) is 12.6. The first-order chi connectivity index (χ1) is 16.6. The average molecular weight is 559 g/mol. The first-order valence-corrected chi connectivity index (χ1v) is 13.6. The Kier molecular flexibility index (Phi) is 4.92. The molecule has 0 bridgehead atoms. The predicted octanol–water partition coefficient (Wildman–Crippen LogP) is 2.12. The number of sulfone groups is 1. The number of rotatable bonds is 2. The molecule has 1 saturated heterocycles. The van der Waals surface area contributed by atoms with Crippen molar-refractivity contribution in [1.29, 1.82) is 0 Å². The van der Waals surface area contributed by atoms with Crippen LogP contribution in [0.4, 0.5) is 11.6 Å². The number of nitrogen functional groups attached to an aromatic ring is 2. The molecule has 10 nitrogen and oxygen atoms in total. The number of aliphatic hydroxyl groups excluding tert-OH is 2. The van der Waals surface area contributed by atoms with Crippen LogP contribution in [0.5, 0.6) is 0 Å². The molecule has 12 heteroatoms. The molecule has 1 spiro atoms. The first-order valence-electron chi connectivity index (χ1n) is 11.1. The van der Waals surface area contributed by atoms with Gasteiger partial charge in [-0.05, 0) is 52.5 Å². The van der Waals surface area contributed by atoms with Crippen LogP contribution in [-0.4, -0.2) is 56.1 Å². The van der Waals surface area contributed by atoms with Crippen LogP contribution < -0.4 is 11.5 Å². The monoisotopic (exact) mass is 558 g/mol. The van der Waals surface area contributed by atoms with E-state index in [9.17, 15) is 18.6 Å². The van der Waals surface area contributed by atoms with E-state index >= 15 is 0 Å². The van der Waals surface area contributed by atoms with Crippen molar-refractivity contribution in [2.45, 2.75) is 36.3 Å². The van der Waals surface area contributed by atoms with Crippen LogP contribution in [0.1, 0.15) is 29.7 Å². The molecule has 5 atom stereocenters. The van der Waals surface area contributed by atoms with Crippen molar-refractivity contribution in [3.8, 4) is 0 Å². The second-order valence-electron chi connectivity index (χ2n) is 9.60. The van der Waals surface area contributed by atoms with Crippen molar-refractivity contribution in [1.82, 2.24) is 19.5 Å². The van der Waals surface area contributed by atoms with Gasteiger partial charge in [0.25, 0.3) is 0 Å². The molecular weight excluding hydrogens is 536 g/mol. The summed E-state index contributed by atoms with van der Waals surface area (Å²) in [5, 5.41) is 22.9. The summed E-state index contributed by atoms with van der Waals surface area (Å²) >= 11 is 3.36. The Morgan fingerprint density at radius 1 is 1.09 bits per heavy atom. The van der Waals surface area contributed by atoms with Gasteiger partial charge in [-0.2, -0.15) is 0 Å². The van der Waals surface area contributed by atoms with Crippen molar-refractivity contribution in [3.05, 3.63) is 52.9 Å². The molecule has 1 aromatic carbocycles. The molecule has 1 aliphatic heterocycles. The predicted molar refractivity (Wildman–Crippen MR) is 135 cm³/mol. The van der Waals surface area contributed by atoms with E-state index in [2.05, 4.69) is 30.9 Å². The minimum Gasteiger partial charge on any atom is -0.390 e. The van der Waals surface area contributed by atoms with Crippen molar-refractivity contribution in [2.75, 3.05) is 17.2 Å². The Morgan fingerprint density at radius 2 is 1.89 bits per heavy atom. The van der Waals surface area contributed by atoms with Gasteiger partial charge in [-0.3, -0.25) is 0 Å². The molecular formula is C23H23BrN6O4S. The minimum absolute atomic E-state index is 0.192. The van der Waals surface area contributed by atoms with Gasteiger partial charge in [0.05, 0.1) is 38.5 Å². The molecule has 6 rings (SSSR count). The number of pyridine rings is 1. The zero-order valence-electron chi connectivity index (χ0n) is 18.4. The van der Waals surface area contributed by atoms with Gasteiger partial charge in [0.1, 0.15) is 29.7 Å². The van der Waals surface area contributed by atoms with E-state index in [1.165, 1.54) is 6.33 Å². The lowest BCUT2D eigenvalue weighted by molar-refractivity contribution is -0.0205. The Balaban J connectivity index is 1.38. The van der Waals surface area contributed by atoms with E-state index in [0.717, 1.165) is 5.39 Å². The van der Waals surface area contributed by atoms with Gasteiger partial charge in [0, 0.05) is 17.0 Å². The third-order valence-electron chi connectivity index (χ3n) is 7.57. The van der Waals surface area contributed by atoms with Crippen LogP contribution in [0.2, 0.25) is 0 Å². The lowest BCUT2D eigenvalue weighted by Gasteiger charge is -2.26. The zero-order chi connectivity index (χ0) is 24.7. The number of hydrogen-bond donors (Lipinski definition) is 4. The largest absolute Gasteiger partial charge is 0.390 e. The van der Waals surface area contributed by atoms with Gasteiger partial charge >= 0.3 is 0 Å². The fourth-order valence-electron chi connectivity index (χ4n) is 5.86. The molecule has 4 heterocycles. The van der Waals surface area contributed by atoms with Crippen LogP contribution in [0.3, 0.4) is 0 Å². The molecule has 2 aliphatic rings. The van der Waals surface area contributed by atoms with E-state index in [1.807, 2.05) is 12.1 Å². The number of hydrogen-bond acceptors (Lipinski definition) is 9. The van der Waals surface area contributed by atoms with Crippen LogP contribution in [0, 0.1) is 5.41 Å². The highest BCUT2D eigenvalue weighted by molar-refractivity contribution is 9.10. The normalized spacial score (nSPS) is 30.0. The van der Waals surface area contributed by atoms with Crippen LogP contribution >= 0.6 is 15.9 Å². The molecule has 182 valence electrons. The second kappa shape index (κ2) is 7.60. The summed E-state index contributed by atoms with van der Waals surface area (Å²) < 4.78 is 29.2. The van der Waals surface area contributed by atoms with Gasteiger partial charge in [-0.25, -0.2) is 23.4 Å². The summed E-state index contributed by atoms with van der Waals surface area (Å²) in [6.45, 7) is 0. The van der Waals surface area contributed by atoms with E-state index in [-0.39, 0.29) is 18.6 Å². The molecule has 6 N–H and O–H groups in total. The van der Waals surface area contributed by atoms with E-state index in [1.54, 1.807) is 29.0 Å². The first kappa shape index (κ1) is 22.7. The van der Waals surface area contributed by atoms with Crippen LogP contribution in [-0.2, 0) is 9.84 Å². The zero-order valence-corrected chi connectivity index (χ0v) is 20.8. The highest BCUT2D eigenvalue weighted by Crippen LogP contribution is 2.57. The van der Waals surface area contributed by atoms with E-state index < -0.39 is 38.8 Å². The summed E-state index contributed by atoms with van der Waals surface area (Å²) in [7, 11) is -3.61. The Labute approximate surface area is 209 Å². The number of aromatic nitrogens is 4. The third kappa shape index (κ3) is 3.34. The Bertz CT molecular complexity index is 1610. The van der Waals surface area contributed by atoms with Gasteiger partial charge < -0.3 is 26.2 Å². The van der Waals surface area contributed by atoms with Gasteiger partial charge in [-0.15, -0.1) is 0 Å². The average Bonchev–Trinajstić information content (AvgIpc) is 3.43. The lowest BCUT2D eigenvalue weighted by atomic mass is 9.80. The Hall–Kier alpha value is -2.80. The maximum absolute atomic E-state index is 13.4. The Morgan fingerprint density at radius 3 is 2.69 bits per heavy atom. The molecule has 1 aliphatic carbocycles. The maximum Gasteiger partial charge on any atom is 0.157 e. The molecule has 4 aromatic rings. The van der Waals surface area contributed by atoms with E-state index in [4.69, 9.17) is 11.5 Å². The molecule has 0 radical (unpaired) electrons. The van der Waals surface area contributed by atoms with Crippen molar-refractivity contribution < 1.29 is 18.6 Å². The molecule has 1 saturated carbocycles. The third-order valence-corrected chi connectivity index (χ3v) is 10.5. The highest BCUT2D eigenvalue weighted by Gasteiger charge is 2.61. The van der Waals surface area contributed by atoms with Crippen molar-refractivity contribution >= 4 is 59.3 Å². The van der Waals surface area contributed by atoms with Crippen LogP contribution in [0.25, 0.3) is 21.9 Å². The maximum atomic E-state index is 13.4.